The molecule has 0 aromatic carbocycles. The Bertz CT molecular complexity index is 195. The summed E-state index contributed by atoms with van der Waals surface area (Å²) in [5.41, 5.74) is 0. The van der Waals surface area contributed by atoms with E-state index in [-0.39, 0.29) is 0 Å². The van der Waals surface area contributed by atoms with Gasteiger partial charge in [0.2, 0.25) is 0 Å². The van der Waals surface area contributed by atoms with Gasteiger partial charge in [0.1, 0.15) is 0 Å². The summed E-state index contributed by atoms with van der Waals surface area (Å²) in [6.45, 7) is 8.22. The number of aliphatic hydroxyl groups excluding tert-OH is 1. The first kappa shape index (κ1) is 12.3. The first-order chi connectivity index (χ1) is 7.90. The molecule has 2 N–H and O–H groups in total. The second kappa shape index (κ2) is 6.55. The van der Waals surface area contributed by atoms with Crippen LogP contribution in [0.15, 0.2) is 0 Å². The van der Waals surface area contributed by atoms with Crippen molar-refractivity contribution >= 4 is 0 Å². The summed E-state index contributed by atoms with van der Waals surface area (Å²) in [5.74, 6) is 0. The average Bonchev–Trinajstić information content (AvgIpc) is 2.57. The Balaban J connectivity index is 1.78. The number of β-amino-alcohol motifs (C(OH)–C–C–N with tert-alkyl or cyclic N) is 1. The van der Waals surface area contributed by atoms with Crippen molar-refractivity contribution in [2.75, 3.05) is 52.4 Å². The van der Waals surface area contributed by atoms with E-state index in [1.807, 2.05) is 0 Å². The molecule has 2 heterocycles. The SMILES string of the molecule is OCCN1CCCN(C2CCNCC2)CC1. The molecule has 4 nitrogen and oxygen atoms in total. The van der Waals surface area contributed by atoms with E-state index in [4.69, 9.17) is 5.11 Å². The topological polar surface area (TPSA) is 38.7 Å². The summed E-state index contributed by atoms with van der Waals surface area (Å²) >= 11 is 0. The predicted octanol–water partition coefficient (Wildman–Crippen LogP) is -0.262. The van der Waals surface area contributed by atoms with Crippen molar-refractivity contribution in [2.45, 2.75) is 25.3 Å². The first-order valence-electron chi connectivity index (χ1n) is 6.68. The molecule has 2 saturated heterocycles. The Morgan fingerprint density at radius 3 is 2.62 bits per heavy atom. The van der Waals surface area contributed by atoms with Gasteiger partial charge in [-0.1, -0.05) is 0 Å². The van der Waals surface area contributed by atoms with Crippen LogP contribution in [0.1, 0.15) is 19.3 Å². The molecule has 0 atom stereocenters. The van der Waals surface area contributed by atoms with Gasteiger partial charge in [-0.2, -0.15) is 0 Å². The highest BCUT2D eigenvalue weighted by Gasteiger charge is 2.23. The molecule has 16 heavy (non-hydrogen) atoms. The zero-order valence-corrected chi connectivity index (χ0v) is 10.2. The van der Waals surface area contributed by atoms with Crippen LogP contribution in [0.4, 0.5) is 0 Å². The molecule has 94 valence electrons. The molecule has 2 aliphatic rings. The maximum absolute atomic E-state index is 8.96. The highest BCUT2D eigenvalue weighted by atomic mass is 16.3. The third-order valence-electron chi connectivity index (χ3n) is 3.86. The highest BCUT2D eigenvalue weighted by molar-refractivity contribution is 4.80. The summed E-state index contributed by atoms with van der Waals surface area (Å²) in [6.07, 6.45) is 3.87. The van der Waals surface area contributed by atoms with Crippen LogP contribution in [0.2, 0.25) is 0 Å². The van der Waals surface area contributed by atoms with E-state index in [2.05, 4.69) is 15.1 Å². The molecule has 2 fully saturated rings. The van der Waals surface area contributed by atoms with E-state index < -0.39 is 0 Å². The largest absolute Gasteiger partial charge is 0.395 e. The molecule has 0 aliphatic carbocycles. The highest BCUT2D eigenvalue weighted by Crippen LogP contribution is 2.14. The Morgan fingerprint density at radius 1 is 1.06 bits per heavy atom. The van der Waals surface area contributed by atoms with Gasteiger partial charge in [-0.3, -0.25) is 9.80 Å². The summed E-state index contributed by atoms with van der Waals surface area (Å²) in [4.78, 5) is 5.05. The van der Waals surface area contributed by atoms with Crippen molar-refractivity contribution in [1.82, 2.24) is 15.1 Å². The lowest BCUT2D eigenvalue weighted by Gasteiger charge is -2.33. The van der Waals surface area contributed by atoms with Crippen molar-refractivity contribution in [3.63, 3.8) is 0 Å². The van der Waals surface area contributed by atoms with Crippen LogP contribution in [-0.4, -0.2) is 73.4 Å². The van der Waals surface area contributed by atoms with E-state index in [0.29, 0.717) is 6.61 Å². The Morgan fingerprint density at radius 2 is 1.88 bits per heavy atom. The molecule has 0 spiro atoms. The summed E-state index contributed by atoms with van der Waals surface area (Å²) in [7, 11) is 0. The van der Waals surface area contributed by atoms with Crippen LogP contribution in [0.3, 0.4) is 0 Å². The van der Waals surface area contributed by atoms with Gasteiger partial charge in [0, 0.05) is 25.7 Å². The fraction of sp³-hybridized carbons (Fsp3) is 1.00. The Kier molecular flexibility index (Phi) is 5.03. The van der Waals surface area contributed by atoms with Crippen molar-refractivity contribution < 1.29 is 5.11 Å². The molecular weight excluding hydrogens is 202 g/mol. The molecule has 2 rings (SSSR count). The number of hydrogen-bond acceptors (Lipinski definition) is 4. The molecule has 0 saturated carbocycles. The first-order valence-corrected chi connectivity index (χ1v) is 6.68. The summed E-state index contributed by atoms with van der Waals surface area (Å²) in [5, 5.41) is 12.4. The van der Waals surface area contributed by atoms with Crippen molar-refractivity contribution in [3.8, 4) is 0 Å². The fourth-order valence-corrected chi connectivity index (χ4v) is 2.89. The predicted molar refractivity (Wildman–Crippen MR) is 65.6 cm³/mol. The van der Waals surface area contributed by atoms with Gasteiger partial charge < -0.3 is 10.4 Å². The number of hydrogen-bond donors (Lipinski definition) is 2. The second-order valence-electron chi connectivity index (χ2n) is 4.94. The standard InChI is InChI=1S/C12H25N3O/c16-11-10-14-6-1-7-15(9-8-14)12-2-4-13-5-3-12/h12-13,16H,1-11H2. The quantitative estimate of drug-likeness (QED) is 0.697. The maximum Gasteiger partial charge on any atom is 0.0558 e. The third kappa shape index (κ3) is 3.42. The average molecular weight is 227 g/mol. The van der Waals surface area contributed by atoms with Crippen LogP contribution in [0.5, 0.6) is 0 Å². The van der Waals surface area contributed by atoms with Crippen LogP contribution < -0.4 is 5.32 Å². The molecule has 0 aromatic rings. The number of rotatable bonds is 3. The fourth-order valence-electron chi connectivity index (χ4n) is 2.89. The maximum atomic E-state index is 8.96. The zero-order chi connectivity index (χ0) is 11.2. The molecular formula is C12H25N3O. The lowest BCUT2D eigenvalue weighted by Crippen LogP contribution is -2.44. The number of aliphatic hydroxyl groups is 1. The van der Waals surface area contributed by atoms with E-state index in [0.717, 1.165) is 25.7 Å². The Labute approximate surface area is 98.6 Å². The van der Waals surface area contributed by atoms with Crippen LogP contribution >= 0.6 is 0 Å². The van der Waals surface area contributed by atoms with Crippen molar-refractivity contribution in [3.05, 3.63) is 0 Å². The van der Waals surface area contributed by atoms with Crippen LogP contribution in [-0.2, 0) is 0 Å². The Hall–Kier alpha value is -0.160. The van der Waals surface area contributed by atoms with Gasteiger partial charge in [0.25, 0.3) is 0 Å². The smallest absolute Gasteiger partial charge is 0.0558 e. The normalized spacial score (nSPS) is 26.8. The van der Waals surface area contributed by atoms with E-state index in [1.165, 1.54) is 45.4 Å². The minimum atomic E-state index is 0.299. The summed E-state index contributed by atoms with van der Waals surface area (Å²) in [6, 6.07) is 0.801. The van der Waals surface area contributed by atoms with E-state index in [1.54, 1.807) is 0 Å². The van der Waals surface area contributed by atoms with E-state index >= 15 is 0 Å². The molecule has 4 heteroatoms. The zero-order valence-electron chi connectivity index (χ0n) is 10.2. The number of nitrogens with one attached hydrogen (secondary N) is 1. The van der Waals surface area contributed by atoms with E-state index in [9.17, 15) is 0 Å². The minimum absolute atomic E-state index is 0.299. The molecule has 0 amide bonds. The van der Waals surface area contributed by atoms with Crippen LogP contribution in [0, 0.1) is 0 Å². The molecule has 0 aromatic heterocycles. The minimum Gasteiger partial charge on any atom is -0.395 e. The van der Waals surface area contributed by atoms with Gasteiger partial charge >= 0.3 is 0 Å². The van der Waals surface area contributed by atoms with Gasteiger partial charge in [-0.15, -0.1) is 0 Å². The second-order valence-corrected chi connectivity index (χ2v) is 4.94. The van der Waals surface area contributed by atoms with Crippen LogP contribution in [0.25, 0.3) is 0 Å². The van der Waals surface area contributed by atoms with Gasteiger partial charge in [0.15, 0.2) is 0 Å². The van der Waals surface area contributed by atoms with Gasteiger partial charge in [-0.25, -0.2) is 0 Å². The number of piperidine rings is 1. The molecule has 0 unspecified atom stereocenters. The monoisotopic (exact) mass is 227 g/mol. The molecule has 0 bridgehead atoms. The van der Waals surface area contributed by atoms with Gasteiger partial charge in [-0.05, 0) is 45.4 Å². The molecule has 2 aliphatic heterocycles. The van der Waals surface area contributed by atoms with Crippen molar-refractivity contribution in [2.24, 2.45) is 0 Å². The summed E-state index contributed by atoms with van der Waals surface area (Å²) < 4.78 is 0. The lowest BCUT2D eigenvalue weighted by molar-refractivity contribution is 0.159. The third-order valence-corrected chi connectivity index (χ3v) is 3.86. The molecule has 0 radical (unpaired) electrons. The van der Waals surface area contributed by atoms with Gasteiger partial charge in [0.05, 0.1) is 6.61 Å². The number of nitrogens with zero attached hydrogens (tertiary/aromatic N) is 2. The van der Waals surface area contributed by atoms with Crippen molar-refractivity contribution in [1.29, 1.82) is 0 Å². The lowest BCUT2D eigenvalue weighted by atomic mass is 10.0.